The Hall–Kier alpha value is -3.90. The Balaban J connectivity index is 1.54. The van der Waals surface area contributed by atoms with Gasteiger partial charge in [-0.3, -0.25) is 14.7 Å². The van der Waals surface area contributed by atoms with E-state index in [2.05, 4.69) is 16.8 Å². The van der Waals surface area contributed by atoms with Crippen LogP contribution in [0, 0.1) is 0 Å². The first-order chi connectivity index (χ1) is 21.3. The lowest BCUT2D eigenvalue weighted by atomic mass is 9.89. The van der Waals surface area contributed by atoms with Crippen molar-refractivity contribution >= 4 is 35.3 Å². The van der Waals surface area contributed by atoms with Gasteiger partial charge in [0.2, 0.25) is 5.91 Å². The van der Waals surface area contributed by atoms with Crippen molar-refractivity contribution in [3.05, 3.63) is 88.6 Å². The number of hydrogen-bond donors (Lipinski definition) is 2. The number of ether oxygens (including phenoxy) is 3. The Morgan fingerprint density at radius 3 is 2.77 bits per heavy atom. The second-order valence-corrected chi connectivity index (χ2v) is 11.4. The summed E-state index contributed by atoms with van der Waals surface area (Å²) in [4.78, 5) is 36.6. The lowest BCUT2D eigenvalue weighted by Gasteiger charge is -2.39. The van der Waals surface area contributed by atoms with Crippen LogP contribution in [0.3, 0.4) is 0 Å². The first kappa shape index (κ1) is 31.5. The monoisotopic (exact) mass is 622 g/mol. The summed E-state index contributed by atoms with van der Waals surface area (Å²) in [5, 5.41) is 3.65. The van der Waals surface area contributed by atoms with Crippen LogP contribution < -0.4 is 11.1 Å². The first-order valence-corrected chi connectivity index (χ1v) is 15.0. The summed E-state index contributed by atoms with van der Waals surface area (Å²) < 4.78 is 16.1. The fourth-order valence-corrected chi connectivity index (χ4v) is 6.12. The third-order valence-corrected chi connectivity index (χ3v) is 8.43. The maximum Gasteiger partial charge on any atom is 0.410 e. The molecule has 2 aromatic rings. The van der Waals surface area contributed by atoms with E-state index in [1.165, 1.54) is 13.3 Å². The van der Waals surface area contributed by atoms with Crippen molar-refractivity contribution in [2.45, 2.75) is 24.6 Å². The van der Waals surface area contributed by atoms with Crippen LogP contribution in [0.5, 0.6) is 0 Å². The lowest BCUT2D eigenvalue weighted by Crippen LogP contribution is -2.50. The molecular formula is C32H39ClN6O5. The number of benzene rings is 1. The third kappa shape index (κ3) is 6.76. The molecular weight excluding hydrogens is 584 g/mol. The van der Waals surface area contributed by atoms with Gasteiger partial charge in [-0.15, -0.1) is 0 Å². The van der Waals surface area contributed by atoms with Gasteiger partial charge in [-0.05, 0) is 52.7 Å². The molecule has 2 saturated heterocycles. The van der Waals surface area contributed by atoms with E-state index < -0.39 is 6.04 Å². The van der Waals surface area contributed by atoms with Crippen molar-refractivity contribution in [2.24, 2.45) is 5.73 Å². The molecule has 1 aromatic carbocycles. The number of pyridine rings is 1. The fraction of sp³-hybridized carbons (Fsp3) is 0.406. The number of likely N-dealkylation sites (N-methyl/N-ethyl adjacent to an activating group) is 1. The van der Waals surface area contributed by atoms with E-state index >= 15 is 0 Å². The van der Waals surface area contributed by atoms with E-state index in [-0.39, 0.29) is 30.8 Å². The highest BCUT2D eigenvalue weighted by atomic mass is 35.5. The molecule has 2 aliphatic heterocycles. The van der Waals surface area contributed by atoms with Crippen molar-refractivity contribution in [3.8, 4) is 0 Å². The maximum absolute atomic E-state index is 13.0. The predicted octanol–water partition coefficient (Wildman–Crippen LogP) is 3.23. The molecule has 0 spiro atoms. The van der Waals surface area contributed by atoms with Gasteiger partial charge in [-0.2, -0.15) is 0 Å². The van der Waals surface area contributed by atoms with Crippen molar-refractivity contribution in [1.82, 2.24) is 25.0 Å². The summed E-state index contributed by atoms with van der Waals surface area (Å²) >= 11 is 6.63. The average molecular weight is 623 g/mol. The van der Waals surface area contributed by atoms with Gasteiger partial charge in [-0.1, -0.05) is 30.3 Å². The Morgan fingerprint density at radius 2 is 2.09 bits per heavy atom. The number of methoxy groups -OCH3 is 1. The van der Waals surface area contributed by atoms with Crippen LogP contribution in [0.2, 0.25) is 5.02 Å². The van der Waals surface area contributed by atoms with Crippen molar-refractivity contribution < 1.29 is 23.8 Å². The summed E-state index contributed by atoms with van der Waals surface area (Å²) in [7, 11) is 3.29. The van der Waals surface area contributed by atoms with E-state index in [1.807, 2.05) is 43.5 Å². The number of aromatic nitrogens is 1. The minimum Gasteiger partial charge on any atom is -0.444 e. The van der Waals surface area contributed by atoms with E-state index in [0.717, 1.165) is 34.4 Å². The van der Waals surface area contributed by atoms with Crippen LogP contribution in [0.25, 0.3) is 11.6 Å². The molecule has 0 bridgehead atoms. The summed E-state index contributed by atoms with van der Waals surface area (Å²) in [5.74, 6) is -0.307. The molecule has 3 aliphatic rings. The number of carbonyl (C=O) groups excluding carboxylic acids is 2. The number of nitrogens with one attached hydrogen (secondary N) is 1. The fourth-order valence-electron chi connectivity index (χ4n) is 5.95. The summed E-state index contributed by atoms with van der Waals surface area (Å²) in [6, 6.07) is 8.78. The van der Waals surface area contributed by atoms with E-state index in [0.29, 0.717) is 50.1 Å². The number of hydrogen-bond acceptors (Lipinski definition) is 9. The van der Waals surface area contributed by atoms with Crippen LogP contribution in [0.15, 0.2) is 61.2 Å². The minimum atomic E-state index is -0.666. The van der Waals surface area contributed by atoms with E-state index in [4.69, 9.17) is 36.5 Å². The number of rotatable bonds is 9. The highest BCUT2D eigenvalue weighted by molar-refractivity contribution is 6.30. The molecule has 2 amide bonds. The second kappa shape index (κ2) is 14.3. The van der Waals surface area contributed by atoms with Crippen molar-refractivity contribution in [1.29, 1.82) is 0 Å². The van der Waals surface area contributed by atoms with Gasteiger partial charge in [0.05, 0.1) is 36.7 Å². The topological polar surface area (TPSA) is 122 Å². The predicted molar refractivity (Wildman–Crippen MR) is 168 cm³/mol. The third-order valence-electron chi connectivity index (χ3n) is 8.19. The lowest BCUT2D eigenvalue weighted by molar-refractivity contribution is -0.124. The van der Waals surface area contributed by atoms with Gasteiger partial charge in [0.1, 0.15) is 12.7 Å². The van der Waals surface area contributed by atoms with Crippen molar-refractivity contribution in [3.63, 3.8) is 0 Å². The average Bonchev–Trinajstić information content (AvgIpc) is 3.49. The van der Waals surface area contributed by atoms with Crippen LogP contribution in [0.4, 0.5) is 4.79 Å². The Bertz CT molecular complexity index is 1430. The summed E-state index contributed by atoms with van der Waals surface area (Å²) in [6.07, 6.45) is 7.14. The quantitative estimate of drug-likeness (QED) is 0.434. The van der Waals surface area contributed by atoms with Gasteiger partial charge in [-0.25, -0.2) is 4.79 Å². The van der Waals surface area contributed by atoms with E-state index in [1.54, 1.807) is 22.2 Å². The van der Waals surface area contributed by atoms with Crippen LogP contribution in [0.1, 0.15) is 34.8 Å². The number of nitrogens with zero attached hydrogens (tertiary/aromatic N) is 4. The number of fused-ring (bicyclic) bond motifs is 2. The Morgan fingerprint density at radius 1 is 1.30 bits per heavy atom. The van der Waals surface area contributed by atoms with E-state index in [9.17, 15) is 9.59 Å². The highest BCUT2D eigenvalue weighted by Crippen LogP contribution is 2.42. The molecule has 3 heterocycles. The molecule has 5 rings (SSSR count). The summed E-state index contributed by atoms with van der Waals surface area (Å²) in [5.41, 5.74) is 11.2. The molecule has 234 valence electrons. The van der Waals surface area contributed by atoms with Crippen molar-refractivity contribution in [2.75, 3.05) is 60.2 Å². The van der Waals surface area contributed by atoms with Gasteiger partial charge in [0, 0.05) is 64.2 Å². The molecule has 0 saturated carbocycles. The number of halogens is 1. The second-order valence-electron chi connectivity index (χ2n) is 10.9. The minimum absolute atomic E-state index is 0.122. The molecule has 3 atom stereocenters. The smallest absolute Gasteiger partial charge is 0.410 e. The molecule has 44 heavy (non-hydrogen) atoms. The van der Waals surface area contributed by atoms with Crippen LogP contribution >= 0.6 is 11.6 Å². The van der Waals surface area contributed by atoms with Gasteiger partial charge < -0.3 is 35.1 Å². The largest absolute Gasteiger partial charge is 0.444 e. The van der Waals surface area contributed by atoms with Gasteiger partial charge in [0.25, 0.3) is 0 Å². The van der Waals surface area contributed by atoms with Gasteiger partial charge in [0.15, 0.2) is 0 Å². The number of piperazine rings is 1. The van der Waals surface area contributed by atoms with Crippen LogP contribution in [-0.4, -0.2) is 104 Å². The Kier molecular flexibility index (Phi) is 10.2. The zero-order valence-electron chi connectivity index (χ0n) is 25.1. The standard InChI is InChI=1S/C32H39ClN6O5/c1-4-37(2)27(18-34)30(36-28(40)20-42-3)26-16-21-6-5-10-35-29(21)31(24-8-7-22(33)17-25(24)26)38-11-13-39(14-12-38)32(41)44-23-9-15-43-19-23/h4-8,10,16-18,23,30-31H,1,9,11-15,19-20,34H2,2-3H3,(H,36,40)/b27-18-/t23-,30-,31+/m1/s1. The Labute approximate surface area is 262 Å². The molecule has 0 radical (unpaired) electrons. The molecule has 1 aliphatic carbocycles. The van der Waals surface area contributed by atoms with Gasteiger partial charge >= 0.3 is 6.09 Å². The number of amides is 2. The molecule has 1 aromatic heterocycles. The zero-order valence-corrected chi connectivity index (χ0v) is 25.8. The normalized spacial score (nSPS) is 20.9. The van der Waals surface area contributed by atoms with Crippen LogP contribution in [-0.2, 0) is 19.0 Å². The number of carbonyl (C=O) groups is 2. The number of nitrogens with two attached hydrogens (primary N) is 1. The summed E-state index contributed by atoms with van der Waals surface area (Å²) in [6.45, 7) is 7.06. The first-order valence-electron chi connectivity index (χ1n) is 14.6. The SMILES string of the molecule is C=CN(C)/C(=C\N)[C@H](NC(=O)COC)C1=Cc2cccnc2[C@@H](N2CCN(C(=O)O[C@@H]3CCOC3)CC2)c2ccc(Cl)cc21. The molecule has 2 fully saturated rings. The molecule has 0 unspecified atom stereocenters. The molecule has 11 nitrogen and oxygen atoms in total. The molecule has 12 heteroatoms. The maximum atomic E-state index is 13.0. The molecule has 3 N–H and O–H groups in total. The highest BCUT2D eigenvalue weighted by Gasteiger charge is 2.37. The zero-order chi connectivity index (χ0) is 31.2.